The zero-order chi connectivity index (χ0) is 40.2. The van der Waals surface area contributed by atoms with Crippen LogP contribution in [0.2, 0.25) is 0 Å². The van der Waals surface area contributed by atoms with Crippen molar-refractivity contribution in [3.8, 4) is 17.4 Å². The van der Waals surface area contributed by atoms with Crippen molar-refractivity contribution in [2.45, 2.75) is 120 Å². The lowest BCUT2D eigenvalue weighted by molar-refractivity contribution is -0.142. The average Bonchev–Trinajstić information content (AvgIpc) is 4.03. The highest BCUT2D eigenvalue weighted by Gasteiger charge is 2.61. The van der Waals surface area contributed by atoms with Gasteiger partial charge in [-0.3, -0.25) is 29.3 Å². The summed E-state index contributed by atoms with van der Waals surface area (Å²) in [6, 6.07) is 3.36. The van der Waals surface area contributed by atoms with E-state index in [0.29, 0.717) is 47.5 Å². The molecule has 5 N–H and O–H groups in total. The molecule has 1 saturated heterocycles. The number of nitrogens with one attached hydrogen (secondary N) is 5. The first-order valence-corrected chi connectivity index (χ1v) is 20.3. The minimum absolute atomic E-state index is 0.00879. The van der Waals surface area contributed by atoms with Gasteiger partial charge in [-0.25, -0.2) is 4.98 Å². The standard InChI is InChI=1S/C40H54N8O7S/c1-23(2)54-33-19-32(27-14-15-31(53-6)24(3)34(27)45-33)55-26-18-30-36(50)46-40(38(52)47-56-39(4)16-17-39)20-25(40)12-10-8-7-9-11-13-29(37(51)48(30)22-26)44-35(49)28(41)21-43-42-5/h10,12,14-15,19,21,23,25-26,29-30,41-42H,7-9,11,13,16-18,20,22H2,1-6H3,(H,44,49)(H,46,50)(H,47,52)/b12-10-,41-28?,43-21-/t25-,26-,29+,30+,40-/m1/s1. The molecule has 2 aliphatic carbocycles. The maximum atomic E-state index is 14.6. The Labute approximate surface area is 332 Å². The molecule has 5 atom stereocenters. The molecule has 2 aliphatic heterocycles. The Hall–Kier alpha value is -4.86. The maximum absolute atomic E-state index is 14.6. The molecular weight excluding hydrogens is 737 g/mol. The fourth-order valence-electron chi connectivity index (χ4n) is 7.28. The zero-order valence-corrected chi connectivity index (χ0v) is 33.8. The van der Waals surface area contributed by atoms with E-state index in [0.717, 1.165) is 43.9 Å². The lowest BCUT2D eigenvalue weighted by Crippen LogP contribution is -2.57. The van der Waals surface area contributed by atoms with Crippen LogP contribution in [0.3, 0.4) is 0 Å². The van der Waals surface area contributed by atoms with E-state index >= 15 is 0 Å². The van der Waals surface area contributed by atoms with Gasteiger partial charge in [0, 0.05) is 41.1 Å². The number of methoxy groups -OCH3 is 1. The summed E-state index contributed by atoms with van der Waals surface area (Å²) in [6.45, 7) is 7.83. The van der Waals surface area contributed by atoms with E-state index in [-0.39, 0.29) is 35.6 Å². The van der Waals surface area contributed by atoms with Gasteiger partial charge in [0.15, 0.2) is 0 Å². The number of aryl methyl sites for hydroxylation is 1. The van der Waals surface area contributed by atoms with Crippen LogP contribution in [-0.2, 0) is 19.2 Å². The van der Waals surface area contributed by atoms with Gasteiger partial charge in [0.2, 0.25) is 17.7 Å². The Morgan fingerprint density at radius 3 is 2.68 bits per heavy atom. The van der Waals surface area contributed by atoms with Gasteiger partial charge in [0.25, 0.3) is 11.8 Å². The van der Waals surface area contributed by atoms with Crippen LogP contribution in [0.15, 0.2) is 35.5 Å². The van der Waals surface area contributed by atoms with Gasteiger partial charge in [0.1, 0.15) is 40.9 Å². The number of carbonyl (C=O) groups excluding carboxylic acids is 4. The first-order valence-electron chi connectivity index (χ1n) is 19.5. The van der Waals surface area contributed by atoms with Crippen molar-refractivity contribution >= 4 is 58.4 Å². The van der Waals surface area contributed by atoms with Gasteiger partial charge in [-0.15, -0.1) is 0 Å². The second kappa shape index (κ2) is 17.1. The van der Waals surface area contributed by atoms with Gasteiger partial charge >= 0.3 is 0 Å². The van der Waals surface area contributed by atoms with E-state index in [1.165, 1.54) is 16.8 Å². The zero-order valence-electron chi connectivity index (χ0n) is 33.0. The molecule has 0 spiro atoms. The molecule has 2 saturated carbocycles. The van der Waals surface area contributed by atoms with Crippen LogP contribution in [0, 0.1) is 18.3 Å². The average molecular weight is 791 g/mol. The van der Waals surface area contributed by atoms with E-state index in [1.54, 1.807) is 20.2 Å². The number of hydrogen-bond acceptors (Lipinski definition) is 12. The second-order valence-electron chi connectivity index (χ2n) is 15.6. The molecule has 1 aromatic heterocycles. The van der Waals surface area contributed by atoms with Crippen LogP contribution >= 0.6 is 11.9 Å². The lowest BCUT2D eigenvalue weighted by atomic mass is 10.0. The van der Waals surface area contributed by atoms with E-state index in [4.69, 9.17) is 24.6 Å². The van der Waals surface area contributed by atoms with E-state index < -0.39 is 47.2 Å². The summed E-state index contributed by atoms with van der Waals surface area (Å²) in [5.74, 6) is -0.687. The van der Waals surface area contributed by atoms with Gasteiger partial charge < -0.3 is 35.2 Å². The lowest BCUT2D eigenvalue weighted by Gasteiger charge is -2.30. The predicted molar refractivity (Wildman–Crippen MR) is 215 cm³/mol. The molecule has 0 unspecified atom stereocenters. The number of allylic oxidation sites excluding steroid dienone is 1. The molecule has 2 aromatic rings. The van der Waals surface area contributed by atoms with E-state index in [1.807, 2.05) is 39.0 Å². The number of hydrogen-bond donors (Lipinski definition) is 5. The maximum Gasteiger partial charge on any atom is 0.271 e. The van der Waals surface area contributed by atoms with Crippen molar-refractivity contribution in [1.29, 1.82) is 5.41 Å². The molecule has 0 bridgehead atoms. The van der Waals surface area contributed by atoms with Crippen molar-refractivity contribution in [3.63, 3.8) is 0 Å². The number of fused-ring (bicyclic) bond motifs is 3. The van der Waals surface area contributed by atoms with Crippen LogP contribution < -0.4 is 35.0 Å². The first kappa shape index (κ1) is 40.8. The highest BCUT2D eigenvalue weighted by molar-refractivity contribution is 7.99. The molecule has 3 fully saturated rings. The number of amides is 4. The fourth-order valence-corrected chi connectivity index (χ4v) is 8.11. The molecule has 16 heteroatoms. The SMILES string of the molecule is CN/N=C\C(=N)C(=O)N[C@H]1CCCCC/C=C\[C@@H]2C[C@@]2(C(=O)NSC2(C)CC2)NC(=O)[C@@H]2C[C@@H](Oc3cc(OC(C)C)nc4c(C)c(OC)ccc34)CN2C1=O. The van der Waals surface area contributed by atoms with Crippen molar-refractivity contribution in [1.82, 2.24) is 30.7 Å². The van der Waals surface area contributed by atoms with Gasteiger partial charge in [-0.2, -0.15) is 5.10 Å². The Bertz CT molecular complexity index is 1920. The highest BCUT2D eigenvalue weighted by atomic mass is 32.2. The number of aromatic nitrogens is 1. The monoisotopic (exact) mass is 790 g/mol. The Kier molecular flexibility index (Phi) is 12.5. The molecule has 3 heterocycles. The van der Waals surface area contributed by atoms with Crippen LogP contribution in [0.5, 0.6) is 17.4 Å². The molecule has 4 aliphatic rings. The van der Waals surface area contributed by atoms with Crippen LogP contribution in [0.1, 0.15) is 84.1 Å². The first-order chi connectivity index (χ1) is 26.8. The molecule has 4 amide bonds. The minimum Gasteiger partial charge on any atom is -0.496 e. The van der Waals surface area contributed by atoms with Crippen LogP contribution in [-0.4, -0.2) is 101 Å². The molecule has 1 aromatic carbocycles. The minimum atomic E-state index is -1.16. The topological polar surface area (TPSA) is 196 Å². The summed E-state index contributed by atoms with van der Waals surface area (Å²) in [5, 5.41) is 18.5. The Balaban J connectivity index is 1.34. The van der Waals surface area contributed by atoms with Gasteiger partial charge in [-0.05, 0) is 90.3 Å². The molecule has 0 radical (unpaired) electrons. The van der Waals surface area contributed by atoms with Crippen molar-refractivity contribution in [3.05, 3.63) is 35.9 Å². The van der Waals surface area contributed by atoms with Crippen LogP contribution in [0.4, 0.5) is 0 Å². The predicted octanol–water partition coefficient (Wildman–Crippen LogP) is 4.11. The number of ether oxygens (including phenoxy) is 3. The molecule has 56 heavy (non-hydrogen) atoms. The summed E-state index contributed by atoms with van der Waals surface area (Å²) in [7, 11) is 3.14. The smallest absolute Gasteiger partial charge is 0.271 e. The summed E-state index contributed by atoms with van der Waals surface area (Å²) < 4.78 is 21.3. The van der Waals surface area contributed by atoms with Crippen molar-refractivity contribution in [2.24, 2.45) is 11.0 Å². The van der Waals surface area contributed by atoms with Gasteiger partial charge in [0.05, 0.1) is 31.5 Å². The number of rotatable bonds is 12. The number of benzene rings is 1. The summed E-state index contributed by atoms with van der Waals surface area (Å²) in [6.07, 6.45) is 10.3. The Morgan fingerprint density at radius 1 is 1.18 bits per heavy atom. The Morgan fingerprint density at radius 2 is 1.96 bits per heavy atom. The molecule has 302 valence electrons. The molecule has 6 rings (SSSR count). The third kappa shape index (κ3) is 9.22. The number of carbonyl (C=O) groups is 4. The van der Waals surface area contributed by atoms with Crippen LogP contribution in [0.25, 0.3) is 10.9 Å². The summed E-state index contributed by atoms with van der Waals surface area (Å²) in [5.41, 5.74) is 2.37. The fraction of sp³-hybridized carbons (Fsp3) is 0.575. The third-order valence-corrected chi connectivity index (χ3v) is 12.0. The summed E-state index contributed by atoms with van der Waals surface area (Å²) in [4.78, 5) is 62.4. The third-order valence-electron chi connectivity index (χ3n) is 10.9. The van der Waals surface area contributed by atoms with E-state index in [2.05, 4.69) is 38.9 Å². The number of nitrogens with zero attached hydrogens (tertiary/aromatic N) is 3. The molecular formula is C40H54N8O7S. The van der Waals surface area contributed by atoms with Crippen molar-refractivity contribution in [2.75, 3.05) is 20.7 Å². The van der Waals surface area contributed by atoms with Gasteiger partial charge in [-0.1, -0.05) is 25.0 Å². The molecule has 15 nitrogen and oxygen atoms in total. The van der Waals surface area contributed by atoms with E-state index in [9.17, 15) is 19.2 Å². The number of pyridine rings is 1. The number of hydrazone groups is 1. The largest absolute Gasteiger partial charge is 0.496 e. The quantitative estimate of drug-likeness (QED) is 0.0904. The van der Waals surface area contributed by atoms with Crippen molar-refractivity contribution < 1.29 is 33.4 Å². The summed E-state index contributed by atoms with van der Waals surface area (Å²) >= 11 is 1.40. The highest BCUT2D eigenvalue weighted by Crippen LogP contribution is 2.49. The second-order valence-corrected chi connectivity index (χ2v) is 17.0. The normalized spacial score (nSPS) is 26.6.